The molecule has 2 aromatic rings. The molecule has 1 aromatic heterocycles. The maximum atomic E-state index is 12.1. The van der Waals surface area contributed by atoms with E-state index in [-0.39, 0.29) is 30.8 Å². The number of halogens is 3. The number of aliphatic carboxylic acids is 1. The first-order valence-electron chi connectivity index (χ1n) is 6.77. The van der Waals surface area contributed by atoms with Crippen molar-refractivity contribution in [3.63, 3.8) is 0 Å². The summed E-state index contributed by atoms with van der Waals surface area (Å²) in [6, 6.07) is 5.25. The van der Waals surface area contributed by atoms with E-state index in [4.69, 9.17) is 5.11 Å². The normalized spacial score (nSPS) is 11.3. The SMILES string of the molecule is O=C(O)CCC(=O)Cc1csc(-c2ccc(OC(F)(F)F)cc2)n1. The van der Waals surface area contributed by atoms with Gasteiger partial charge in [-0.15, -0.1) is 24.5 Å². The van der Waals surface area contributed by atoms with Crippen LogP contribution in [0.5, 0.6) is 5.75 Å². The second-order valence-corrected chi connectivity index (χ2v) is 5.68. The number of carbonyl (C=O) groups is 2. The molecule has 1 N–H and O–H groups in total. The first-order chi connectivity index (χ1) is 11.2. The Morgan fingerprint density at radius 3 is 2.42 bits per heavy atom. The number of Topliss-reactive ketones (excluding diaryl/α,β-unsaturated/α-hetero) is 1. The molecular weight excluding hydrogens is 347 g/mol. The van der Waals surface area contributed by atoms with Crippen LogP contribution in [0.3, 0.4) is 0 Å². The Labute approximate surface area is 138 Å². The molecule has 0 radical (unpaired) electrons. The van der Waals surface area contributed by atoms with E-state index in [0.717, 1.165) is 0 Å². The van der Waals surface area contributed by atoms with E-state index in [1.165, 1.54) is 35.6 Å². The van der Waals surface area contributed by atoms with Gasteiger partial charge in [-0.1, -0.05) is 0 Å². The van der Waals surface area contributed by atoms with Gasteiger partial charge in [0.25, 0.3) is 0 Å². The van der Waals surface area contributed by atoms with Gasteiger partial charge in [0.2, 0.25) is 0 Å². The number of rotatable bonds is 7. The number of ketones is 1. The zero-order valence-corrected chi connectivity index (χ0v) is 13.0. The molecule has 1 heterocycles. The summed E-state index contributed by atoms with van der Waals surface area (Å²) in [5.74, 6) is -1.60. The molecule has 2 rings (SSSR count). The largest absolute Gasteiger partial charge is 0.573 e. The summed E-state index contributed by atoms with van der Waals surface area (Å²) >= 11 is 1.25. The van der Waals surface area contributed by atoms with Crippen LogP contribution in [0.25, 0.3) is 10.6 Å². The molecule has 1 aromatic carbocycles. The Morgan fingerprint density at radius 1 is 1.17 bits per heavy atom. The zero-order valence-electron chi connectivity index (χ0n) is 12.2. The average molecular weight is 359 g/mol. The summed E-state index contributed by atoms with van der Waals surface area (Å²) in [7, 11) is 0. The molecule has 0 aliphatic carbocycles. The number of carbonyl (C=O) groups excluding carboxylic acids is 1. The van der Waals surface area contributed by atoms with Crippen LogP contribution in [-0.2, 0) is 16.0 Å². The molecule has 0 unspecified atom stereocenters. The molecular formula is C15H12F3NO4S. The Morgan fingerprint density at radius 2 is 1.83 bits per heavy atom. The lowest BCUT2D eigenvalue weighted by Crippen LogP contribution is -2.16. The third-order valence-corrected chi connectivity index (χ3v) is 3.82. The van der Waals surface area contributed by atoms with Gasteiger partial charge in [-0.05, 0) is 24.3 Å². The van der Waals surface area contributed by atoms with E-state index >= 15 is 0 Å². The third kappa shape index (κ3) is 5.65. The number of benzene rings is 1. The lowest BCUT2D eigenvalue weighted by atomic mass is 10.1. The molecule has 0 saturated carbocycles. The maximum absolute atomic E-state index is 12.1. The molecule has 0 aliphatic rings. The van der Waals surface area contributed by atoms with Crippen molar-refractivity contribution in [2.75, 3.05) is 0 Å². The van der Waals surface area contributed by atoms with Gasteiger partial charge in [0.15, 0.2) is 0 Å². The molecule has 0 atom stereocenters. The van der Waals surface area contributed by atoms with Gasteiger partial charge in [-0.25, -0.2) is 4.98 Å². The van der Waals surface area contributed by atoms with E-state index in [9.17, 15) is 22.8 Å². The standard InChI is InChI=1S/C15H12F3NO4S/c16-15(17,18)23-12-4-1-9(2-5-12)14-19-10(8-24-14)7-11(20)3-6-13(21)22/h1-2,4-5,8H,3,6-7H2,(H,21,22). The van der Waals surface area contributed by atoms with Crippen LogP contribution in [-0.4, -0.2) is 28.2 Å². The van der Waals surface area contributed by atoms with E-state index < -0.39 is 12.3 Å². The summed E-state index contributed by atoms with van der Waals surface area (Å²) in [6.07, 6.45) is -5.01. The lowest BCUT2D eigenvalue weighted by Gasteiger charge is -2.08. The van der Waals surface area contributed by atoms with Gasteiger partial charge >= 0.3 is 12.3 Å². The van der Waals surface area contributed by atoms with Crippen LogP contribution in [0.2, 0.25) is 0 Å². The predicted molar refractivity (Wildman–Crippen MR) is 79.8 cm³/mol. The molecule has 0 aliphatic heterocycles. The molecule has 0 bridgehead atoms. The third-order valence-electron chi connectivity index (χ3n) is 2.88. The number of aromatic nitrogens is 1. The van der Waals surface area contributed by atoms with Crippen molar-refractivity contribution in [1.82, 2.24) is 4.98 Å². The number of carboxylic acid groups (broad SMARTS) is 1. The molecule has 0 saturated heterocycles. The van der Waals surface area contributed by atoms with Gasteiger partial charge in [0, 0.05) is 23.8 Å². The quantitative estimate of drug-likeness (QED) is 0.816. The number of hydrogen-bond acceptors (Lipinski definition) is 5. The van der Waals surface area contributed by atoms with E-state index in [1.807, 2.05) is 0 Å². The van der Waals surface area contributed by atoms with Gasteiger partial charge in [0.1, 0.15) is 16.5 Å². The van der Waals surface area contributed by atoms with Crippen LogP contribution in [0, 0.1) is 0 Å². The van der Waals surface area contributed by atoms with Crippen LogP contribution >= 0.6 is 11.3 Å². The van der Waals surface area contributed by atoms with E-state index in [1.54, 1.807) is 5.38 Å². The smallest absolute Gasteiger partial charge is 0.481 e. The van der Waals surface area contributed by atoms with Crippen molar-refractivity contribution < 1.29 is 32.6 Å². The summed E-state index contributed by atoms with van der Waals surface area (Å²) < 4.78 is 40.1. The highest BCUT2D eigenvalue weighted by atomic mass is 32.1. The fraction of sp³-hybridized carbons (Fsp3) is 0.267. The van der Waals surface area contributed by atoms with Crippen LogP contribution < -0.4 is 4.74 Å². The topological polar surface area (TPSA) is 76.5 Å². The minimum absolute atomic E-state index is 0.0268. The minimum atomic E-state index is -4.74. The van der Waals surface area contributed by atoms with Gasteiger partial charge < -0.3 is 9.84 Å². The summed E-state index contributed by atoms with van der Waals surface area (Å²) in [4.78, 5) is 26.3. The molecule has 24 heavy (non-hydrogen) atoms. The van der Waals surface area contributed by atoms with Gasteiger partial charge in [-0.2, -0.15) is 0 Å². The van der Waals surface area contributed by atoms with Crippen molar-refractivity contribution in [2.24, 2.45) is 0 Å². The monoisotopic (exact) mass is 359 g/mol. The Kier molecular flexibility index (Phi) is 5.55. The van der Waals surface area contributed by atoms with Crippen molar-refractivity contribution in [3.05, 3.63) is 35.3 Å². The van der Waals surface area contributed by atoms with Crippen LogP contribution in [0.1, 0.15) is 18.5 Å². The Balaban J connectivity index is 2.00. The molecule has 9 heteroatoms. The number of ether oxygens (including phenoxy) is 1. The zero-order chi connectivity index (χ0) is 17.7. The van der Waals surface area contributed by atoms with Crippen molar-refractivity contribution in [3.8, 4) is 16.3 Å². The number of thiazole rings is 1. The number of carboxylic acids is 1. The second kappa shape index (κ2) is 7.43. The lowest BCUT2D eigenvalue weighted by molar-refractivity contribution is -0.274. The van der Waals surface area contributed by atoms with Gasteiger partial charge in [-0.3, -0.25) is 9.59 Å². The average Bonchev–Trinajstić information content (AvgIpc) is 2.92. The fourth-order valence-electron chi connectivity index (χ4n) is 1.86. The van der Waals surface area contributed by atoms with Crippen LogP contribution in [0.4, 0.5) is 13.2 Å². The molecule has 0 spiro atoms. The van der Waals surface area contributed by atoms with Crippen molar-refractivity contribution >= 4 is 23.1 Å². The van der Waals surface area contributed by atoms with Crippen molar-refractivity contribution in [2.45, 2.75) is 25.6 Å². The first-order valence-corrected chi connectivity index (χ1v) is 7.65. The summed E-state index contributed by atoms with van der Waals surface area (Å²) in [6.45, 7) is 0. The Bertz CT molecular complexity index is 725. The molecule has 128 valence electrons. The molecule has 5 nitrogen and oxygen atoms in total. The molecule has 0 amide bonds. The van der Waals surface area contributed by atoms with E-state index in [0.29, 0.717) is 16.3 Å². The number of alkyl halides is 3. The predicted octanol–water partition coefficient (Wildman–Crippen LogP) is 3.69. The summed E-state index contributed by atoms with van der Waals surface area (Å²) in [5.41, 5.74) is 1.10. The highest BCUT2D eigenvalue weighted by Gasteiger charge is 2.31. The number of nitrogens with zero attached hydrogens (tertiary/aromatic N) is 1. The first kappa shape index (κ1) is 17.9. The molecule has 0 fully saturated rings. The van der Waals surface area contributed by atoms with E-state index in [2.05, 4.69) is 9.72 Å². The maximum Gasteiger partial charge on any atom is 0.573 e. The number of hydrogen-bond donors (Lipinski definition) is 1. The van der Waals surface area contributed by atoms with Crippen molar-refractivity contribution in [1.29, 1.82) is 0 Å². The second-order valence-electron chi connectivity index (χ2n) is 4.83. The van der Waals surface area contributed by atoms with Crippen LogP contribution in [0.15, 0.2) is 29.6 Å². The fourth-order valence-corrected chi connectivity index (χ4v) is 2.68. The Hall–Kier alpha value is -2.42. The highest BCUT2D eigenvalue weighted by molar-refractivity contribution is 7.13. The van der Waals surface area contributed by atoms with Gasteiger partial charge in [0.05, 0.1) is 12.1 Å². The minimum Gasteiger partial charge on any atom is -0.481 e. The highest BCUT2D eigenvalue weighted by Crippen LogP contribution is 2.28. The summed E-state index contributed by atoms with van der Waals surface area (Å²) in [5, 5.41) is 10.7.